The quantitative estimate of drug-likeness (QED) is 0.593. The molecule has 5 nitrogen and oxygen atoms in total. The second kappa shape index (κ2) is 8.36. The second-order valence-electron chi connectivity index (χ2n) is 7.54. The number of thiazole rings is 1. The van der Waals surface area contributed by atoms with E-state index in [4.69, 9.17) is 0 Å². The van der Waals surface area contributed by atoms with E-state index in [-0.39, 0.29) is 35.5 Å². The van der Waals surface area contributed by atoms with E-state index < -0.39 is 0 Å². The second-order valence-corrected chi connectivity index (χ2v) is 8.40. The van der Waals surface area contributed by atoms with Crippen molar-refractivity contribution < 1.29 is 14.0 Å². The number of carbonyl (C=O) groups is 2. The van der Waals surface area contributed by atoms with Gasteiger partial charge in [0.25, 0.3) is 0 Å². The van der Waals surface area contributed by atoms with Crippen LogP contribution in [-0.4, -0.2) is 16.8 Å². The van der Waals surface area contributed by atoms with Gasteiger partial charge in [-0.3, -0.25) is 9.59 Å². The molecule has 4 rings (SSSR count). The standard InChI is InChI=1S/C23H22FN3O2S/c1-13(25-14(2)28)15-7-9-16(10-8-15)21-12-30-23(26-21)27-22(29)19-11-18(19)17-5-3-4-6-20(17)24/h3-10,12-13,18-19H,11H2,1-2H3,(H,25,28)(H,26,27,29). The van der Waals surface area contributed by atoms with E-state index >= 15 is 0 Å². The number of benzene rings is 2. The molecule has 3 atom stereocenters. The molecule has 0 bridgehead atoms. The van der Waals surface area contributed by atoms with Crippen LogP contribution in [0.25, 0.3) is 11.3 Å². The maximum Gasteiger partial charge on any atom is 0.229 e. The molecule has 1 aliphatic carbocycles. The summed E-state index contributed by atoms with van der Waals surface area (Å²) < 4.78 is 13.9. The molecule has 7 heteroatoms. The maximum absolute atomic E-state index is 13.9. The SMILES string of the molecule is CC(=O)NC(C)c1ccc(-c2csc(NC(=O)C3CC3c3ccccc3F)n2)cc1. The van der Waals surface area contributed by atoms with Crippen molar-refractivity contribution in [2.75, 3.05) is 5.32 Å². The molecule has 1 aromatic heterocycles. The Hall–Kier alpha value is -3.06. The minimum absolute atomic E-state index is 0.0659. The van der Waals surface area contributed by atoms with E-state index in [9.17, 15) is 14.0 Å². The van der Waals surface area contributed by atoms with Crippen LogP contribution in [-0.2, 0) is 9.59 Å². The van der Waals surface area contributed by atoms with Gasteiger partial charge in [-0.2, -0.15) is 0 Å². The zero-order chi connectivity index (χ0) is 21.3. The number of rotatable bonds is 6. The van der Waals surface area contributed by atoms with E-state index in [1.165, 1.54) is 24.3 Å². The lowest BCUT2D eigenvalue weighted by Crippen LogP contribution is -2.23. The molecule has 1 fully saturated rings. The Kier molecular flexibility index (Phi) is 5.63. The van der Waals surface area contributed by atoms with Crippen molar-refractivity contribution in [3.05, 3.63) is 70.9 Å². The molecule has 0 radical (unpaired) electrons. The third-order valence-electron chi connectivity index (χ3n) is 5.29. The molecule has 1 aliphatic rings. The molecular weight excluding hydrogens is 401 g/mol. The minimum Gasteiger partial charge on any atom is -0.350 e. The highest BCUT2D eigenvalue weighted by molar-refractivity contribution is 7.14. The van der Waals surface area contributed by atoms with Crippen molar-refractivity contribution in [2.24, 2.45) is 5.92 Å². The lowest BCUT2D eigenvalue weighted by Gasteiger charge is -2.13. The summed E-state index contributed by atoms with van der Waals surface area (Å²) in [7, 11) is 0. The third-order valence-corrected chi connectivity index (χ3v) is 6.05. The predicted octanol–water partition coefficient (Wildman–Crippen LogP) is 4.89. The molecule has 30 heavy (non-hydrogen) atoms. The molecule has 2 amide bonds. The largest absolute Gasteiger partial charge is 0.350 e. The number of anilines is 1. The normalized spacial score (nSPS) is 18.5. The molecule has 1 saturated carbocycles. The molecule has 3 aromatic rings. The van der Waals surface area contributed by atoms with Gasteiger partial charge in [-0.25, -0.2) is 9.37 Å². The summed E-state index contributed by atoms with van der Waals surface area (Å²) in [6.45, 7) is 3.43. The molecule has 3 unspecified atom stereocenters. The van der Waals surface area contributed by atoms with Gasteiger partial charge in [0.05, 0.1) is 11.7 Å². The van der Waals surface area contributed by atoms with Crippen LogP contribution in [0.3, 0.4) is 0 Å². The fraction of sp³-hybridized carbons (Fsp3) is 0.261. The van der Waals surface area contributed by atoms with Crippen molar-refractivity contribution in [1.29, 1.82) is 0 Å². The van der Waals surface area contributed by atoms with Gasteiger partial charge in [-0.1, -0.05) is 42.5 Å². The van der Waals surface area contributed by atoms with Crippen molar-refractivity contribution >= 4 is 28.3 Å². The molecule has 154 valence electrons. The van der Waals surface area contributed by atoms with Crippen molar-refractivity contribution in [3.8, 4) is 11.3 Å². The number of aromatic nitrogens is 1. The van der Waals surface area contributed by atoms with Crippen molar-refractivity contribution in [2.45, 2.75) is 32.2 Å². The molecule has 0 spiro atoms. The first-order valence-corrected chi connectivity index (χ1v) is 10.7. The van der Waals surface area contributed by atoms with Crippen LogP contribution in [0.1, 0.15) is 43.4 Å². The highest BCUT2D eigenvalue weighted by Crippen LogP contribution is 2.48. The van der Waals surface area contributed by atoms with E-state index in [1.807, 2.05) is 36.6 Å². The Morgan fingerprint density at radius 1 is 1.17 bits per heavy atom. The van der Waals surface area contributed by atoms with Crippen LogP contribution in [0, 0.1) is 11.7 Å². The Labute approximate surface area is 178 Å². The molecule has 1 heterocycles. The van der Waals surface area contributed by atoms with Crippen LogP contribution >= 0.6 is 11.3 Å². The summed E-state index contributed by atoms with van der Waals surface area (Å²) in [4.78, 5) is 28.2. The monoisotopic (exact) mass is 423 g/mol. The van der Waals surface area contributed by atoms with E-state index in [0.717, 1.165) is 16.8 Å². The minimum atomic E-state index is -0.259. The zero-order valence-electron chi connectivity index (χ0n) is 16.7. The number of amides is 2. The van der Waals surface area contributed by atoms with E-state index in [1.54, 1.807) is 18.2 Å². The van der Waals surface area contributed by atoms with Crippen LogP contribution in [0.5, 0.6) is 0 Å². The fourth-order valence-corrected chi connectivity index (χ4v) is 4.32. The summed E-state index contributed by atoms with van der Waals surface area (Å²) >= 11 is 1.36. The van der Waals surface area contributed by atoms with Gasteiger partial charge in [0, 0.05) is 23.8 Å². The number of hydrogen-bond acceptors (Lipinski definition) is 4. The van der Waals surface area contributed by atoms with Crippen LogP contribution in [0.15, 0.2) is 53.9 Å². The van der Waals surface area contributed by atoms with Crippen molar-refractivity contribution in [1.82, 2.24) is 10.3 Å². The zero-order valence-corrected chi connectivity index (χ0v) is 17.5. The summed E-state index contributed by atoms with van der Waals surface area (Å²) in [5, 5.41) is 8.14. The smallest absolute Gasteiger partial charge is 0.229 e. The number of nitrogens with one attached hydrogen (secondary N) is 2. The predicted molar refractivity (Wildman–Crippen MR) is 116 cm³/mol. The Bertz CT molecular complexity index is 1080. The topological polar surface area (TPSA) is 71.1 Å². The molecule has 2 N–H and O–H groups in total. The summed E-state index contributed by atoms with van der Waals surface area (Å²) in [6.07, 6.45) is 0.652. The summed E-state index contributed by atoms with van der Waals surface area (Å²) in [5.41, 5.74) is 3.31. The van der Waals surface area contributed by atoms with E-state index in [2.05, 4.69) is 15.6 Å². The number of hydrogen-bond donors (Lipinski definition) is 2. The average molecular weight is 424 g/mol. The van der Waals surface area contributed by atoms with Crippen LogP contribution in [0.4, 0.5) is 9.52 Å². The Morgan fingerprint density at radius 2 is 1.90 bits per heavy atom. The Morgan fingerprint density at radius 3 is 2.60 bits per heavy atom. The average Bonchev–Trinajstić information content (AvgIpc) is 3.39. The third kappa shape index (κ3) is 4.41. The first-order valence-electron chi connectivity index (χ1n) is 9.80. The first-order chi connectivity index (χ1) is 14.4. The lowest BCUT2D eigenvalue weighted by molar-refractivity contribution is -0.119. The highest BCUT2D eigenvalue weighted by atomic mass is 32.1. The Balaban J connectivity index is 1.38. The van der Waals surface area contributed by atoms with Gasteiger partial charge < -0.3 is 10.6 Å². The molecule has 2 aromatic carbocycles. The van der Waals surface area contributed by atoms with Gasteiger partial charge in [-0.15, -0.1) is 11.3 Å². The van der Waals surface area contributed by atoms with Crippen molar-refractivity contribution in [3.63, 3.8) is 0 Å². The number of nitrogens with zero attached hydrogens (tertiary/aromatic N) is 1. The van der Waals surface area contributed by atoms with E-state index in [0.29, 0.717) is 17.1 Å². The summed E-state index contributed by atoms with van der Waals surface area (Å²) in [6, 6.07) is 14.4. The van der Waals surface area contributed by atoms with Gasteiger partial charge in [-0.05, 0) is 36.5 Å². The summed E-state index contributed by atoms with van der Waals surface area (Å²) in [5.74, 6) is -0.735. The molecular formula is C23H22FN3O2S. The van der Waals surface area contributed by atoms with Gasteiger partial charge in [0.15, 0.2) is 5.13 Å². The molecule has 0 saturated heterocycles. The number of carbonyl (C=O) groups excluding carboxylic acids is 2. The van der Waals surface area contributed by atoms with Gasteiger partial charge >= 0.3 is 0 Å². The van der Waals surface area contributed by atoms with Crippen LogP contribution < -0.4 is 10.6 Å². The fourth-order valence-electron chi connectivity index (χ4n) is 3.60. The van der Waals surface area contributed by atoms with Gasteiger partial charge in [0.2, 0.25) is 11.8 Å². The lowest BCUT2D eigenvalue weighted by atomic mass is 10.1. The van der Waals surface area contributed by atoms with Gasteiger partial charge in [0.1, 0.15) is 5.82 Å². The maximum atomic E-state index is 13.9. The molecule has 0 aliphatic heterocycles. The number of halogens is 1. The first kappa shape index (κ1) is 20.2. The highest BCUT2D eigenvalue weighted by Gasteiger charge is 2.45. The van der Waals surface area contributed by atoms with Crippen LogP contribution in [0.2, 0.25) is 0 Å².